The summed E-state index contributed by atoms with van der Waals surface area (Å²) in [6.45, 7) is -0.349. The van der Waals surface area contributed by atoms with Gasteiger partial charge in [0.2, 0.25) is 10.0 Å². The van der Waals surface area contributed by atoms with Crippen LogP contribution in [0.5, 0.6) is 0 Å². The third-order valence-electron chi connectivity index (χ3n) is 2.45. The number of amides is 1. The van der Waals surface area contributed by atoms with E-state index in [-0.39, 0.29) is 12.6 Å². The molecule has 8 nitrogen and oxygen atoms in total. The van der Waals surface area contributed by atoms with Gasteiger partial charge in [-0.25, -0.2) is 21.9 Å². The fourth-order valence-electron chi connectivity index (χ4n) is 1.37. The minimum Gasteiger partial charge on any atom is -0.351 e. The summed E-state index contributed by atoms with van der Waals surface area (Å²) >= 11 is 0. The molecule has 21 heavy (non-hydrogen) atoms. The van der Waals surface area contributed by atoms with E-state index in [0.717, 1.165) is 0 Å². The molecule has 11 heteroatoms. The van der Waals surface area contributed by atoms with Crippen molar-refractivity contribution in [1.29, 1.82) is 0 Å². The van der Waals surface area contributed by atoms with E-state index in [1.54, 1.807) is 0 Å². The molecule has 0 heterocycles. The van der Waals surface area contributed by atoms with Gasteiger partial charge in [0, 0.05) is 6.54 Å². The van der Waals surface area contributed by atoms with Gasteiger partial charge in [-0.1, -0.05) is 0 Å². The van der Waals surface area contributed by atoms with E-state index in [9.17, 15) is 32.1 Å². The average Bonchev–Trinajstić information content (AvgIpc) is 2.40. The first-order chi connectivity index (χ1) is 9.68. The van der Waals surface area contributed by atoms with Gasteiger partial charge in [0.05, 0.1) is 16.7 Å². The number of sulfonamides is 1. The van der Waals surface area contributed by atoms with Crippen molar-refractivity contribution in [2.24, 2.45) is 0 Å². The zero-order chi connectivity index (χ0) is 16.2. The fraction of sp³-hybridized carbons (Fsp3) is 0.300. The number of nitrogens with zero attached hydrogens (tertiary/aromatic N) is 1. The van der Waals surface area contributed by atoms with E-state index >= 15 is 0 Å². The van der Waals surface area contributed by atoms with Gasteiger partial charge in [0.25, 0.3) is 11.6 Å². The van der Waals surface area contributed by atoms with Crippen molar-refractivity contribution in [2.75, 3.05) is 19.3 Å². The van der Waals surface area contributed by atoms with Crippen molar-refractivity contribution < 1.29 is 26.9 Å². The van der Waals surface area contributed by atoms with Crippen molar-refractivity contribution in [3.8, 4) is 0 Å². The molecule has 116 valence electrons. The molecule has 0 spiro atoms. The number of nitro groups is 1. The normalized spacial score (nSPS) is 11.2. The highest BCUT2D eigenvalue weighted by Gasteiger charge is 2.24. The molecule has 0 unspecified atom stereocenters. The highest BCUT2D eigenvalue weighted by Crippen LogP contribution is 2.22. The number of hydrogen-bond donors (Lipinski definition) is 2. The van der Waals surface area contributed by atoms with Gasteiger partial charge < -0.3 is 5.32 Å². The summed E-state index contributed by atoms with van der Waals surface area (Å²) in [4.78, 5) is 21.3. The number of nitrogens with one attached hydrogen (secondary N) is 2. The van der Waals surface area contributed by atoms with Gasteiger partial charge in [0.15, 0.2) is 11.6 Å². The molecule has 1 aromatic carbocycles. The Morgan fingerprint density at radius 1 is 1.33 bits per heavy atom. The Morgan fingerprint density at radius 3 is 2.43 bits per heavy atom. The van der Waals surface area contributed by atoms with Crippen molar-refractivity contribution in [1.82, 2.24) is 10.0 Å². The van der Waals surface area contributed by atoms with Crippen LogP contribution in [0.2, 0.25) is 0 Å². The Labute approximate surface area is 118 Å². The average molecular weight is 323 g/mol. The number of rotatable bonds is 6. The van der Waals surface area contributed by atoms with Gasteiger partial charge in [-0.3, -0.25) is 14.9 Å². The summed E-state index contributed by atoms with van der Waals surface area (Å²) < 4.78 is 50.2. The highest BCUT2D eigenvalue weighted by molar-refractivity contribution is 7.89. The summed E-state index contributed by atoms with van der Waals surface area (Å²) in [7, 11) is -2.39. The number of benzene rings is 1. The van der Waals surface area contributed by atoms with E-state index in [4.69, 9.17) is 0 Å². The Balaban J connectivity index is 2.92. The van der Waals surface area contributed by atoms with Crippen molar-refractivity contribution >= 4 is 21.6 Å². The number of hydrogen-bond acceptors (Lipinski definition) is 5. The van der Waals surface area contributed by atoms with Crippen LogP contribution in [0.4, 0.5) is 14.5 Å². The summed E-state index contributed by atoms with van der Waals surface area (Å²) in [5.74, 6) is -4.43. The Hall–Kier alpha value is -2.14. The summed E-state index contributed by atoms with van der Waals surface area (Å²) in [5, 5.41) is 12.8. The lowest BCUT2D eigenvalue weighted by molar-refractivity contribution is -0.385. The quantitative estimate of drug-likeness (QED) is 0.571. The van der Waals surface area contributed by atoms with Gasteiger partial charge >= 0.3 is 0 Å². The Morgan fingerprint density at radius 2 is 1.90 bits per heavy atom. The Bertz CT molecular complexity index is 678. The minimum absolute atomic E-state index is 0.286. The smallest absolute Gasteiger partial charge is 0.285 e. The lowest BCUT2D eigenvalue weighted by atomic mass is 10.1. The first kappa shape index (κ1) is 16.9. The molecule has 0 aliphatic heterocycles. The first-order valence-electron chi connectivity index (χ1n) is 5.51. The maximum absolute atomic E-state index is 13.1. The largest absolute Gasteiger partial charge is 0.351 e. The molecule has 2 N–H and O–H groups in total. The van der Waals surface area contributed by atoms with Gasteiger partial charge in [-0.2, -0.15) is 0 Å². The molecule has 0 aliphatic rings. The fourth-order valence-corrected chi connectivity index (χ4v) is 1.94. The van der Waals surface area contributed by atoms with Gasteiger partial charge in [-0.05, 0) is 13.1 Å². The lowest BCUT2D eigenvalue weighted by Crippen LogP contribution is -2.33. The maximum Gasteiger partial charge on any atom is 0.285 e. The van der Waals surface area contributed by atoms with Crippen LogP contribution in [0.25, 0.3) is 0 Å². The van der Waals surface area contributed by atoms with Crippen LogP contribution in [0.3, 0.4) is 0 Å². The topological polar surface area (TPSA) is 118 Å². The standard InChI is InChI=1S/C10H11F2N3O5S/c1-13-21(19,20)3-2-14-10(16)6-4-7(11)8(12)5-9(6)15(17)18/h4-5,13H,2-3H2,1H3,(H,14,16). The second-order valence-electron chi connectivity index (χ2n) is 3.82. The minimum atomic E-state index is -3.57. The molecule has 0 saturated heterocycles. The molecular weight excluding hydrogens is 312 g/mol. The second kappa shape index (κ2) is 6.54. The van der Waals surface area contributed by atoms with E-state index in [2.05, 4.69) is 5.32 Å². The molecule has 1 rings (SSSR count). The SMILES string of the molecule is CNS(=O)(=O)CCNC(=O)c1cc(F)c(F)cc1[N+](=O)[O-]. The van der Waals surface area contributed by atoms with Gasteiger partial charge in [0.1, 0.15) is 5.56 Å². The lowest BCUT2D eigenvalue weighted by Gasteiger charge is -2.06. The van der Waals surface area contributed by atoms with Crippen LogP contribution in [-0.4, -0.2) is 38.6 Å². The van der Waals surface area contributed by atoms with Crippen LogP contribution >= 0.6 is 0 Å². The van der Waals surface area contributed by atoms with Crippen LogP contribution in [0.1, 0.15) is 10.4 Å². The summed E-state index contributed by atoms with van der Waals surface area (Å²) in [6, 6.07) is 0.671. The maximum atomic E-state index is 13.1. The third-order valence-corrected chi connectivity index (χ3v) is 3.81. The van der Waals surface area contributed by atoms with E-state index in [1.807, 2.05) is 4.72 Å². The van der Waals surface area contributed by atoms with Crippen molar-refractivity contribution in [2.45, 2.75) is 0 Å². The second-order valence-corrected chi connectivity index (χ2v) is 5.87. The molecular formula is C10H11F2N3O5S. The third kappa shape index (κ3) is 4.43. The molecule has 0 bridgehead atoms. The zero-order valence-corrected chi connectivity index (χ0v) is 11.5. The predicted octanol–water partition coefficient (Wildman–Crippen LogP) is 0.152. The van der Waals surface area contributed by atoms with Crippen LogP contribution in [0.15, 0.2) is 12.1 Å². The molecule has 0 fully saturated rings. The molecule has 0 aliphatic carbocycles. The van der Waals surface area contributed by atoms with Crippen LogP contribution in [0, 0.1) is 21.7 Å². The Kier molecular flexibility index (Phi) is 5.27. The number of halogens is 2. The van der Waals surface area contributed by atoms with Crippen molar-refractivity contribution in [3.63, 3.8) is 0 Å². The van der Waals surface area contributed by atoms with Crippen molar-refractivity contribution in [3.05, 3.63) is 39.4 Å². The molecule has 1 amide bonds. The summed E-state index contributed by atoms with van der Waals surface area (Å²) in [5.41, 5.74) is -1.61. The molecule has 0 aromatic heterocycles. The number of carbonyl (C=O) groups is 1. The number of nitro benzene ring substituents is 1. The van der Waals surface area contributed by atoms with E-state index < -0.39 is 49.5 Å². The van der Waals surface area contributed by atoms with Crippen LogP contribution < -0.4 is 10.0 Å². The highest BCUT2D eigenvalue weighted by atomic mass is 32.2. The van der Waals surface area contributed by atoms with Gasteiger partial charge in [-0.15, -0.1) is 0 Å². The van der Waals surface area contributed by atoms with E-state index in [1.165, 1.54) is 7.05 Å². The summed E-state index contributed by atoms with van der Waals surface area (Å²) in [6.07, 6.45) is 0. The molecule has 0 radical (unpaired) electrons. The number of carbonyl (C=O) groups excluding carboxylic acids is 1. The molecule has 0 atom stereocenters. The predicted molar refractivity (Wildman–Crippen MR) is 68.2 cm³/mol. The zero-order valence-electron chi connectivity index (χ0n) is 10.7. The molecule has 1 aromatic rings. The van der Waals surface area contributed by atoms with E-state index in [0.29, 0.717) is 6.07 Å². The van der Waals surface area contributed by atoms with Crippen LogP contribution in [-0.2, 0) is 10.0 Å². The molecule has 0 saturated carbocycles. The monoisotopic (exact) mass is 323 g/mol. The first-order valence-corrected chi connectivity index (χ1v) is 7.16.